The molecule has 1 saturated heterocycles. The SMILES string of the molecule is COc1ccc([C@H]2NC(=O)O[C@H]2C)cc1. The molecule has 2 rings (SSSR count). The van der Waals surface area contributed by atoms with Crippen LogP contribution in [0.15, 0.2) is 24.3 Å². The summed E-state index contributed by atoms with van der Waals surface area (Å²) in [5.41, 5.74) is 1.02. The first kappa shape index (κ1) is 9.83. The lowest BCUT2D eigenvalue weighted by Crippen LogP contribution is -2.20. The van der Waals surface area contributed by atoms with Gasteiger partial charge in [-0.3, -0.25) is 0 Å². The number of cyclic esters (lactones) is 1. The average Bonchev–Trinajstić information content (AvgIpc) is 2.58. The number of rotatable bonds is 2. The number of carbonyl (C=O) groups excluding carboxylic acids is 1. The van der Waals surface area contributed by atoms with E-state index in [9.17, 15) is 4.79 Å². The first-order valence-electron chi connectivity index (χ1n) is 4.82. The Hall–Kier alpha value is -1.71. The summed E-state index contributed by atoms with van der Waals surface area (Å²) in [6.45, 7) is 1.87. The van der Waals surface area contributed by atoms with Crippen LogP contribution in [0.2, 0.25) is 0 Å². The molecule has 1 aromatic carbocycles. The Morgan fingerprint density at radius 3 is 2.47 bits per heavy atom. The molecule has 4 nitrogen and oxygen atoms in total. The first-order valence-corrected chi connectivity index (χ1v) is 4.82. The van der Waals surface area contributed by atoms with Gasteiger partial charge in [-0.05, 0) is 24.6 Å². The second-order valence-electron chi connectivity index (χ2n) is 3.51. The number of benzene rings is 1. The Balaban J connectivity index is 2.19. The lowest BCUT2D eigenvalue weighted by molar-refractivity contribution is 0.141. The summed E-state index contributed by atoms with van der Waals surface area (Å²) in [5.74, 6) is 0.802. The van der Waals surface area contributed by atoms with Gasteiger partial charge in [-0.25, -0.2) is 4.79 Å². The molecule has 1 aliphatic rings. The number of amides is 1. The standard InChI is InChI=1S/C11H13NO3/c1-7-10(12-11(13)15-7)8-3-5-9(14-2)6-4-8/h3-7,10H,1-2H3,(H,12,13)/t7-,10-/m0/s1. The van der Waals surface area contributed by atoms with E-state index >= 15 is 0 Å². The minimum Gasteiger partial charge on any atom is -0.497 e. The van der Waals surface area contributed by atoms with Crippen LogP contribution in [0.3, 0.4) is 0 Å². The summed E-state index contributed by atoms with van der Waals surface area (Å²) in [6, 6.07) is 7.52. The maximum atomic E-state index is 11.0. The van der Waals surface area contributed by atoms with Crippen molar-refractivity contribution in [2.24, 2.45) is 0 Å². The molecule has 0 unspecified atom stereocenters. The molecule has 0 radical (unpaired) electrons. The van der Waals surface area contributed by atoms with Crippen molar-refractivity contribution in [2.45, 2.75) is 19.1 Å². The fourth-order valence-electron chi connectivity index (χ4n) is 1.68. The van der Waals surface area contributed by atoms with Crippen LogP contribution in [-0.2, 0) is 4.74 Å². The van der Waals surface area contributed by atoms with Crippen molar-refractivity contribution < 1.29 is 14.3 Å². The van der Waals surface area contributed by atoms with Gasteiger partial charge >= 0.3 is 6.09 Å². The molecule has 15 heavy (non-hydrogen) atoms. The van der Waals surface area contributed by atoms with Crippen molar-refractivity contribution in [3.05, 3.63) is 29.8 Å². The van der Waals surface area contributed by atoms with Gasteiger partial charge in [0.2, 0.25) is 0 Å². The summed E-state index contributed by atoms with van der Waals surface area (Å²) < 4.78 is 10.1. The lowest BCUT2D eigenvalue weighted by Gasteiger charge is -2.13. The van der Waals surface area contributed by atoms with Crippen LogP contribution in [0.25, 0.3) is 0 Å². The number of hydrogen-bond donors (Lipinski definition) is 1. The zero-order valence-corrected chi connectivity index (χ0v) is 8.69. The van der Waals surface area contributed by atoms with E-state index < -0.39 is 0 Å². The molecule has 1 aromatic rings. The van der Waals surface area contributed by atoms with E-state index in [0.29, 0.717) is 0 Å². The predicted molar refractivity (Wildman–Crippen MR) is 54.8 cm³/mol. The highest BCUT2D eigenvalue weighted by Crippen LogP contribution is 2.25. The van der Waals surface area contributed by atoms with E-state index in [-0.39, 0.29) is 18.2 Å². The van der Waals surface area contributed by atoms with Gasteiger partial charge in [-0.15, -0.1) is 0 Å². The third kappa shape index (κ3) is 1.88. The minimum atomic E-state index is -0.358. The van der Waals surface area contributed by atoms with Crippen LogP contribution >= 0.6 is 0 Å². The molecule has 1 N–H and O–H groups in total. The van der Waals surface area contributed by atoms with Crippen LogP contribution in [0.5, 0.6) is 5.75 Å². The number of ether oxygens (including phenoxy) is 2. The fraction of sp³-hybridized carbons (Fsp3) is 0.364. The van der Waals surface area contributed by atoms with Crippen molar-refractivity contribution in [2.75, 3.05) is 7.11 Å². The van der Waals surface area contributed by atoms with Crippen LogP contribution in [0.1, 0.15) is 18.5 Å². The molecule has 0 aliphatic carbocycles. The van der Waals surface area contributed by atoms with Gasteiger partial charge in [0.15, 0.2) is 0 Å². The molecule has 80 valence electrons. The second kappa shape index (κ2) is 3.81. The van der Waals surface area contributed by atoms with Gasteiger partial charge in [0.05, 0.1) is 13.2 Å². The van der Waals surface area contributed by atoms with Crippen LogP contribution < -0.4 is 10.1 Å². The summed E-state index contributed by atoms with van der Waals surface area (Å²) in [5, 5.41) is 2.76. The van der Waals surface area contributed by atoms with Crippen LogP contribution in [-0.4, -0.2) is 19.3 Å². The Kier molecular flexibility index (Phi) is 2.49. The molecule has 2 atom stereocenters. The number of carbonyl (C=O) groups is 1. The zero-order chi connectivity index (χ0) is 10.8. The predicted octanol–water partition coefficient (Wildman–Crippen LogP) is 1.86. The second-order valence-corrected chi connectivity index (χ2v) is 3.51. The van der Waals surface area contributed by atoms with Gasteiger partial charge < -0.3 is 14.8 Å². The van der Waals surface area contributed by atoms with Gasteiger partial charge in [0, 0.05) is 0 Å². The van der Waals surface area contributed by atoms with E-state index in [0.717, 1.165) is 11.3 Å². The van der Waals surface area contributed by atoms with Gasteiger partial charge in [0.1, 0.15) is 11.9 Å². The topological polar surface area (TPSA) is 47.6 Å². The van der Waals surface area contributed by atoms with Crippen molar-refractivity contribution >= 4 is 6.09 Å². The highest BCUT2D eigenvalue weighted by molar-refractivity contribution is 5.70. The third-order valence-electron chi connectivity index (χ3n) is 2.51. The van der Waals surface area contributed by atoms with Crippen molar-refractivity contribution in [3.8, 4) is 5.75 Å². The van der Waals surface area contributed by atoms with Crippen molar-refractivity contribution in [1.29, 1.82) is 0 Å². The van der Waals surface area contributed by atoms with Crippen LogP contribution in [0.4, 0.5) is 4.79 Å². The molecule has 1 heterocycles. The smallest absolute Gasteiger partial charge is 0.408 e. The molecular formula is C11H13NO3. The lowest BCUT2D eigenvalue weighted by atomic mass is 10.0. The molecule has 1 amide bonds. The molecule has 1 fully saturated rings. The normalized spacial score (nSPS) is 24.5. The largest absolute Gasteiger partial charge is 0.497 e. The summed E-state index contributed by atoms with van der Waals surface area (Å²) in [6.07, 6.45) is -0.491. The summed E-state index contributed by atoms with van der Waals surface area (Å²) in [4.78, 5) is 11.0. The Bertz CT molecular complexity index is 361. The maximum Gasteiger partial charge on any atom is 0.408 e. The van der Waals surface area contributed by atoms with E-state index in [1.165, 1.54) is 0 Å². The average molecular weight is 207 g/mol. The summed E-state index contributed by atoms with van der Waals surface area (Å²) in [7, 11) is 1.62. The van der Waals surface area contributed by atoms with E-state index in [2.05, 4.69) is 5.32 Å². The molecule has 4 heteroatoms. The molecule has 1 aliphatic heterocycles. The van der Waals surface area contributed by atoms with Crippen molar-refractivity contribution in [1.82, 2.24) is 5.32 Å². The Labute approximate surface area is 88.2 Å². The van der Waals surface area contributed by atoms with E-state index in [1.54, 1.807) is 7.11 Å². The van der Waals surface area contributed by atoms with E-state index in [4.69, 9.17) is 9.47 Å². The molecule has 0 saturated carbocycles. The number of methoxy groups -OCH3 is 1. The molecule has 0 aromatic heterocycles. The fourth-order valence-corrected chi connectivity index (χ4v) is 1.68. The number of alkyl carbamates (subject to hydrolysis) is 1. The molecule has 0 bridgehead atoms. The Morgan fingerprint density at radius 2 is 2.00 bits per heavy atom. The molecular weight excluding hydrogens is 194 g/mol. The summed E-state index contributed by atoms with van der Waals surface area (Å²) >= 11 is 0. The monoisotopic (exact) mass is 207 g/mol. The minimum absolute atomic E-state index is 0.0663. The first-order chi connectivity index (χ1) is 7.20. The molecule has 0 spiro atoms. The van der Waals surface area contributed by atoms with Crippen molar-refractivity contribution in [3.63, 3.8) is 0 Å². The van der Waals surface area contributed by atoms with Crippen LogP contribution in [0, 0.1) is 0 Å². The van der Waals surface area contributed by atoms with Gasteiger partial charge in [-0.2, -0.15) is 0 Å². The zero-order valence-electron chi connectivity index (χ0n) is 8.69. The van der Waals surface area contributed by atoms with Gasteiger partial charge in [0.25, 0.3) is 0 Å². The van der Waals surface area contributed by atoms with E-state index in [1.807, 2.05) is 31.2 Å². The quantitative estimate of drug-likeness (QED) is 0.805. The van der Waals surface area contributed by atoms with Gasteiger partial charge in [-0.1, -0.05) is 12.1 Å². The third-order valence-corrected chi connectivity index (χ3v) is 2.51. The highest BCUT2D eigenvalue weighted by Gasteiger charge is 2.31. The maximum absolute atomic E-state index is 11.0. The number of nitrogens with one attached hydrogen (secondary N) is 1. The Morgan fingerprint density at radius 1 is 1.33 bits per heavy atom. The number of hydrogen-bond acceptors (Lipinski definition) is 3. The highest BCUT2D eigenvalue weighted by atomic mass is 16.6.